The Morgan fingerprint density at radius 2 is 2.38 bits per heavy atom. The van der Waals surface area contributed by atoms with Crippen molar-refractivity contribution >= 4 is 22.1 Å². The lowest BCUT2D eigenvalue weighted by molar-refractivity contribution is -0.119. The summed E-state index contributed by atoms with van der Waals surface area (Å²) in [5.74, 6) is 0.378. The van der Waals surface area contributed by atoms with Gasteiger partial charge in [0.1, 0.15) is 5.78 Å². The van der Waals surface area contributed by atoms with Gasteiger partial charge in [0.05, 0.1) is 5.69 Å². The molecule has 0 aliphatic rings. The first-order chi connectivity index (χ1) is 7.79. The van der Waals surface area contributed by atoms with Crippen LogP contribution in [0.1, 0.15) is 38.3 Å². The zero-order valence-electron chi connectivity index (χ0n) is 9.48. The minimum absolute atomic E-state index is 0.378. The van der Waals surface area contributed by atoms with Crippen LogP contribution < -0.4 is 0 Å². The Labute approximate surface area is 99.1 Å². The molecular weight excluding hydrogens is 220 g/mol. The van der Waals surface area contributed by atoms with Crippen molar-refractivity contribution in [2.24, 2.45) is 0 Å². The molecule has 2 heterocycles. The number of imidazole rings is 1. The van der Waals surface area contributed by atoms with Gasteiger partial charge in [-0.25, -0.2) is 4.98 Å². The van der Waals surface area contributed by atoms with Crippen LogP contribution in [0, 0.1) is 0 Å². The van der Waals surface area contributed by atoms with Gasteiger partial charge in [-0.15, -0.1) is 11.3 Å². The van der Waals surface area contributed by atoms with Crippen molar-refractivity contribution in [3.05, 3.63) is 23.5 Å². The lowest BCUT2D eigenvalue weighted by Crippen LogP contribution is -1.97. The van der Waals surface area contributed by atoms with Crippen molar-refractivity contribution in [1.29, 1.82) is 0 Å². The molecule has 0 atom stereocenters. The molecule has 3 nitrogen and oxygen atoms in total. The summed E-state index contributed by atoms with van der Waals surface area (Å²) in [5.41, 5.74) is 1.09. The average molecular weight is 236 g/mol. The van der Waals surface area contributed by atoms with Crippen molar-refractivity contribution in [3.8, 4) is 0 Å². The summed E-state index contributed by atoms with van der Waals surface area (Å²) in [6.07, 6.45) is 8.26. The molecule has 0 radical (unpaired) electrons. The Hall–Kier alpha value is -1.16. The lowest BCUT2D eigenvalue weighted by Gasteiger charge is -1.97. The maximum absolute atomic E-state index is 11.3. The second-order valence-electron chi connectivity index (χ2n) is 3.97. The Balaban J connectivity index is 1.82. The van der Waals surface area contributed by atoms with E-state index in [-0.39, 0.29) is 0 Å². The highest BCUT2D eigenvalue weighted by atomic mass is 32.1. The number of carbonyl (C=O) groups is 1. The molecule has 2 aromatic rings. The van der Waals surface area contributed by atoms with Crippen LogP contribution in [0.4, 0.5) is 0 Å². The number of carbonyl (C=O) groups excluding carboxylic acids is 1. The number of nitrogens with zero attached hydrogens (tertiary/aromatic N) is 2. The SMILES string of the molecule is CCCC(=O)CCCc1cn2ccsc2n1. The first kappa shape index (κ1) is 11.3. The van der Waals surface area contributed by atoms with E-state index >= 15 is 0 Å². The number of hydrogen-bond donors (Lipinski definition) is 0. The van der Waals surface area contributed by atoms with Crippen LogP contribution in [-0.2, 0) is 11.2 Å². The topological polar surface area (TPSA) is 34.4 Å². The van der Waals surface area contributed by atoms with E-state index in [0.717, 1.165) is 36.3 Å². The van der Waals surface area contributed by atoms with Gasteiger partial charge in [-0.1, -0.05) is 6.92 Å². The standard InChI is InChI=1S/C12H16N2OS/c1-2-4-11(15)6-3-5-10-9-14-7-8-16-12(14)13-10/h7-9H,2-6H2,1H3. The molecule has 0 amide bonds. The molecule has 0 N–H and O–H groups in total. The summed E-state index contributed by atoms with van der Waals surface area (Å²) in [5, 5.41) is 2.02. The molecule has 0 aliphatic heterocycles. The Bertz CT molecular complexity index is 444. The van der Waals surface area contributed by atoms with Crippen LogP contribution in [0.2, 0.25) is 0 Å². The minimum Gasteiger partial charge on any atom is -0.300 e. The maximum atomic E-state index is 11.3. The van der Waals surface area contributed by atoms with E-state index in [1.54, 1.807) is 11.3 Å². The maximum Gasteiger partial charge on any atom is 0.193 e. The molecular formula is C12H16N2OS. The highest BCUT2D eigenvalue weighted by Crippen LogP contribution is 2.13. The fraction of sp³-hybridized carbons (Fsp3) is 0.500. The van der Waals surface area contributed by atoms with Gasteiger partial charge in [-0.05, 0) is 19.3 Å². The second-order valence-corrected chi connectivity index (χ2v) is 4.84. The van der Waals surface area contributed by atoms with Crippen molar-refractivity contribution in [2.45, 2.75) is 39.0 Å². The zero-order valence-corrected chi connectivity index (χ0v) is 10.3. The number of hydrogen-bond acceptors (Lipinski definition) is 3. The number of ketones is 1. The summed E-state index contributed by atoms with van der Waals surface area (Å²) in [6, 6.07) is 0. The highest BCUT2D eigenvalue weighted by Gasteiger charge is 2.04. The van der Waals surface area contributed by atoms with Crippen LogP contribution in [0.25, 0.3) is 4.96 Å². The van der Waals surface area contributed by atoms with E-state index in [9.17, 15) is 4.79 Å². The quantitative estimate of drug-likeness (QED) is 0.772. The predicted molar refractivity (Wildman–Crippen MR) is 65.9 cm³/mol. The second kappa shape index (κ2) is 5.25. The summed E-state index contributed by atoms with van der Waals surface area (Å²) in [6.45, 7) is 2.04. The molecule has 2 rings (SSSR count). The smallest absolute Gasteiger partial charge is 0.193 e. The number of aryl methyl sites for hydroxylation is 1. The Kier molecular flexibility index (Phi) is 3.72. The summed E-state index contributed by atoms with van der Waals surface area (Å²) >= 11 is 1.64. The molecule has 16 heavy (non-hydrogen) atoms. The van der Waals surface area contributed by atoms with Gasteiger partial charge in [-0.2, -0.15) is 0 Å². The summed E-state index contributed by atoms with van der Waals surface area (Å²) in [7, 11) is 0. The van der Waals surface area contributed by atoms with Gasteiger partial charge < -0.3 is 0 Å². The van der Waals surface area contributed by atoms with Crippen LogP contribution in [0.15, 0.2) is 17.8 Å². The van der Waals surface area contributed by atoms with Crippen LogP contribution in [0.5, 0.6) is 0 Å². The third kappa shape index (κ3) is 2.70. The third-order valence-corrected chi connectivity index (χ3v) is 3.33. The van der Waals surface area contributed by atoms with Gasteiger partial charge >= 0.3 is 0 Å². The fourth-order valence-electron chi connectivity index (χ4n) is 1.77. The van der Waals surface area contributed by atoms with Gasteiger partial charge in [0.25, 0.3) is 0 Å². The van der Waals surface area contributed by atoms with Crippen LogP contribution >= 0.6 is 11.3 Å². The van der Waals surface area contributed by atoms with E-state index in [1.165, 1.54) is 0 Å². The monoisotopic (exact) mass is 236 g/mol. The molecule has 0 bridgehead atoms. The van der Waals surface area contributed by atoms with Gasteiger partial charge in [0.15, 0.2) is 4.96 Å². The predicted octanol–water partition coefficient (Wildman–Crippen LogP) is 3.09. The molecule has 0 aliphatic carbocycles. The van der Waals surface area contributed by atoms with E-state index < -0.39 is 0 Å². The molecule has 0 aromatic carbocycles. The number of fused-ring (bicyclic) bond motifs is 1. The number of aromatic nitrogens is 2. The van der Waals surface area contributed by atoms with E-state index in [4.69, 9.17) is 0 Å². The molecule has 0 fully saturated rings. The third-order valence-electron chi connectivity index (χ3n) is 2.56. The summed E-state index contributed by atoms with van der Waals surface area (Å²) < 4.78 is 2.04. The first-order valence-electron chi connectivity index (χ1n) is 5.72. The lowest BCUT2D eigenvalue weighted by atomic mass is 10.1. The van der Waals surface area contributed by atoms with E-state index in [1.807, 2.05) is 22.9 Å². The highest BCUT2D eigenvalue weighted by molar-refractivity contribution is 7.15. The number of rotatable bonds is 6. The van der Waals surface area contributed by atoms with Gasteiger partial charge in [0, 0.05) is 30.6 Å². The van der Waals surface area contributed by atoms with Crippen LogP contribution in [0.3, 0.4) is 0 Å². The average Bonchev–Trinajstić information content (AvgIpc) is 2.78. The molecule has 0 saturated carbocycles. The Morgan fingerprint density at radius 3 is 3.12 bits per heavy atom. The zero-order chi connectivity index (χ0) is 11.4. The van der Waals surface area contributed by atoms with Gasteiger partial charge in [-0.3, -0.25) is 9.20 Å². The number of thiazole rings is 1. The summed E-state index contributed by atoms with van der Waals surface area (Å²) in [4.78, 5) is 16.9. The largest absolute Gasteiger partial charge is 0.300 e. The first-order valence-corrected chi connectivity index (χ1v) is 6.60. The molecule has 2 aromatic heterocycles. The van der Waals surface area contributed by atoms with E-state index in [2.05, 4.69) is 11.2 Å². The van der Waals surface area contributed by atoms with Gasteiger partial charge in [0.2, 0.25) is 0 Å². The van der Waals surface area contributed by atoms with Crippen molar-refractivity contribution < 1.29 is 4.79 Å². The van der Waals surface area contributed by atoms with E-state index in [0.29, 0.717) is 12.2 Å². The van der Waals surface area contributed by atoms with Crippen LogP contribution in [-0.4, -0.2) is 15.2 Å². The molecule has 0 saturated heterocycles. The van der Waals surface area contributed by atoms with Crippen molar-refractivity contribution in [1.82, 2.24) is 9.38 Å². The molecule has 0 unspecified atom stereocenters. The molecule has 4 heteroatoms. The minimum atomic E-state index is 0.378. The normalized spacial score (nSPS) is 11.1. The molecule has 86 valence electrons. The molecule has 0 spiro atoms. The Morgan fingerprint density at radius 1 is 1.50 bits per heavy atom. The fourth-order valence-corrected chi connectivity index (χ4v) is 2.49. The van der Waals surface area contributed by atoms with Crippen molar-refractivity contribution in [3.63, 3.8) is 0 Å². The number of Topliss-reactive ketones (excluding diaryl/α,β-unsaturated/α-hetero) is 1. The van der Waals surface area contributed by atoms with Crippen molar-refractivity contribution in [2.75, 3.05) is 0 Å².